The Labute approximate surface area is 98.5 Å². The van der Waals surface area contributed by atoms with Crippen LogP contribution in [0.15, 0.2) is 29.0 Å². The number of amides is 1. The normalized spacial score (nSPS) is 11.6. The monoisotopic (exact) mass is 234 g/mol. The first-order valence-corrected chi connectivity index (χ1v) is 5.29. The third kappa shape index (κ3) is 2.38. The number of nitrogens with zero attached hydrogens (tertiary/aromatic N) is 1. The van der Waals surface area contributed by atoms with Gasteiger partial charge in [-0.25, -0.2) is 9.78 Å². The molecule has 0 unspecified atom stereocenters. The Balaban J connectivity index is 2.27. The van der Waals surface area contributed by atoms with E-state index in [1.165, 1.54) is 6.39 Å². The summed E-state index contributed by atoms with van der Waals surface area (Å²) < 4.78 is 5.23. The Kier molecular flexibility index (Phi) is 2.75. The predicted molar refractivity (Wildman–Crippen MR) is 63.1 cm³/mol. The summed E-state index contributed by atoms with van der Waals surface area (Å²) in [6.07, 6.45) is 0.385. The van der Waals surface area contributed by atoms with E-state index in [-0.39, 0.29) is 5.41 Å². The van der Waals surface area contributed by atoms with E-state index in [4.69, 9.17) is 9.52 Å². The first kappa shape index (κ1) is 11.4. The summed E-state index contributed by atoms with van der Waals surface area (Å²) in [7, 11) is 0. The van der Waals surface area contributed by atoms with Crippen molar-refractivity contribution >= 4 is 17.2 Å². The molecule has 1 aromatic heterocycles. The molecule has 0 spiro atoms. The Morgan fingerprint density at radius 2 is 2.29 bits per heavy atom. The molecule has 0 radical (unpaired) electrons. The Morgan fingerprint density at radius 3 is 3.00 bits per heavy atom. The van der Waals surface area contributed by atoms with Crippen LogP contribution < -0.4 is 5.32 Å². The number of fused-ring (bicyclic) bond motifs is 1. The van der Waals surface area contributed by atoms with Crippen molar-refractivity contribution < 1.29 is 14.3 Å². The molecule has 0 fully saturated rings. The standard InChI is InChI=1S/C12H14N2O3/c1-12(2,6-13-11(15)16)8-3-4-9-10(5-8)17-7-14-9/h3-5,7,13H,6H2,1-2H3,(H,15,16). The lowest BCUT2D eigenvalue weighted by Gasteiger charge is -2.24. The van der Waals surface area contributed by atoms with Gasteiger partial charge < -0.3 is 14.8 Å². The van der Waals surface area contributed by atoms with Gasteiger partial charge in [0.1, 0.15) is 5.52 Å². The van der Waals surface area contributed by atoms with Crippen molar-refractivity contribution in [3.8, 4) is 0 Å². The molecule has 2 N–H and O–H groups in total. The molecule has 1 aromatic carbocycles. The highest BCUT2D eigenvalue weighted by atomic mass is 16.4. The largest absolute Gasteiger partial charge is 0.465 e. The van der Waals surface area contributed by atoms with Crippen LogP contribution >= 0.6 is 0 Å². The lowest BCUT2D eigenvalue weighted by molar-refractivity contribution is 0.192. The average Bonchev–Trinajstić information content (AvgIpc) is 2.73. The molecule has 17 heavy (non-hydrogen) atoms. The maximum absolute atomic E-state index is 10.5. The number of carboxylic acid groups (broad SMARTS) is 1. The van der Waals surface area contributed by atoms with Gasteiger partial charge in [0.2, 0.25) is 0 Å². The van der Waals surface area contributed by atoms with Gasteiger partial charge in [0, 0.05) is 12.0 Å². The summed E-state index contributed by atoms with van der Waals surface area (Å²) >= 11 is 0. The van der Waals surface area contributed by atoms with Gasteiger partial charge in [0.15, 0.2) is 12.0 Å². The van der Waals surface area contributed by atoms with E-state index >= 15 is 0 Å². The number of carbonyl (C=O) groups is 1. The Hall–Kier alpha value is -2.04. The lowest BCUT2D eigenvalue weighted by atomic mass is 9.84. The van der Waals surface area contributed by atoms with Crippen molar-refractivity contribution in [2.24, 2.45) is 0 Å². The highest BCUT2D eigenvalue weighted by Gasteiger charge is 2.22. The molecule has 90 valence electrons. The van der Waals surface area contributed by atoms with E-state index in [1.54, 1.807) is 0 Å². The molecule has 0 bridgehead atoms. The van der Waals surface area contributed by atoms with Gasteiger partial charge in [-0.3, -0.25) is 0 Å². The topological polar surface area (TPSA) is 75.4 Å². The van der Waals surface area contributed by atoms with Crippen LogP contribution in [0.3, 0.4) is 0 Å². The smallest absolute Gasteiger partial charge is 0.404 e. The average molecular weight is 234 g/mol. The van der Waals surface area contributed by atoms with Gasteiger partial charge >= 0.3 is 6.09 Å². The van der Waals surface area contributed by atoms with Crippen molar-refractivity contribution in [2.75, 3.05) is 6.54 Å². The van der Waals surface area contributed by atoms with E-state index in [0.717, 1.165) is 11.1 Å². The quantitative estimate of drug-likeness (QED) is 0.854. The summed E-state index contributed by atoms with van der Waals surface area (Å²) in [5, 5.41) is 11.0. The number of hydrogen-bond donors (Lipinski definition) is 2. The van der Waals surface area contributed by atoms with Crippen LogP contribution in [-0.2, 0) is 5.41 Å². The molecule has 0 aliphatic carbocycles. The number of aromatic nitrogens is 1. The van der Waals surface area contributed by atoms with Gasteiger partial charge in [0.25, 0.3) is 0 Å². The van der Waals surface area contributed by atoms with E-state index in [0.29, 0.717) is 12.1 Å². The van der Waals surface area contributed by atoms with Gasteiger partial charge in [-0.2, -0.15) is 0 Å². The van der Waals surface area contributed by atoms with Crippen LogP contribution in [0.4, 0.5) is 4.79 Å². The van der Waals surface area contributed by atoms with Gasteiger partial charge in [-0.1, -0.05) is 19.9 Å². The number of rotatable bonds is 3. The zero-order valence-electron chi connectivity index (χ0n) is 9.73. The molecule has 0 saturated carbocycles. The molecule has 5 nitrogen and oxygen atoms in total. The molecular formula is C12H14N2O3. The van der Waals surface area contributed by atoms with E-state index < -0.39 is 6.09 Å². The fraction of sp³-hybridized carbons (Fsp3) is 0.333. The third-order valence-electron chi connectivity index (χ3n) is 2.79. The van der Waals surface area contributed by atoms with Crippen LogP contribution in [-0.4, -0.2) is 22.7 Å². The highest BCUT2D eigenvalue weighted by Crippen LogP contribution is 2.25. The second kappa shape index (κ2) is 4.08. The number of benzene rings is 1. The minimum atomic E-state index is -1.01. The summed E-state index contributed by atoms with van der Waals surface area (Å²) in [6.45, 7) is 4.29. The third-order valence-corrected chi connectivity index (χ3v) is 2.79. The summed E-state index contributed by atoms with van der Waals surface area (Å²) in [4.78, 5) is 14.5. The Bertz CT molecular complexity index is 545. The SMILES string of the molecule is CC(C)(CNC(=O)O)c1ccc2ncoc2c1. The zero-order chi connectivity index (χ0) is 12.5. The van der Waals surface area contributed by atoms with Crippen molar-refractivity contribution in [3.63, 3.8) is 0 Å². The molecule has 0 aliphatic rings. The molecular weight excluding hydrogens is 220 g/mol. The van der Waals surface area contributed by atoms with Crippen LogP contribution in [0, 0.1) is 0 Å². The zero-order valence-corrected chi connectivity index (χ0v) is 9.73. The van der Waals surface area contributed by atoms with Crippen molar-refractivity contribution in [2.45, 2.75) is 19.3 Å². The summed E-state index contributed by atoms with van der Waals surface area (Å²) in [5.41, 5.74) is 2.23. The van der Waals surface area contributed by atoms with Gasteiger partial charge in [-0.05, 0) is 17.7 Å². The first-order chi connectivity index (χ1) is 7.99. The van der Waals surface area contributed by atoms with E-state index in [1.807, 2.05) is 32.0 Å². The van der Waals surface area contributed by atoms with Crippen LogP contribution in [0.5, 0.6) is 0 Å². The van der Waals surface area contributed by atoms with Crippen molar-refractivity contribution in [1.29, 1.82) is 0 Å². The van der Waals surface area contributed by atoms with Crippen LogP contribution in [0.25, 0.3) is 11.1 Å². The number of hydrogen-bond acceptors (Lipinski definition) is 3. The molecule has 5 heteroatoms. The van der Waals surface area contributed by atoms with Gasteiger partial charge in [0.05, 0.1) is 0 Å². The number of nitrogens with one attached hydrogen (secondary N) is 1. The molecule has 1 amide bonds. The first-order valence-electron chi connectivity index (χ1n) is 5.29. The minimum absolute atomic E-state index is 0.292. The fourth-order valence-corrected chi connectivity index (χ4v) is 1.67. The van der Waals surface area contributed by atoms with Crippen molar-refractivity contribution in [3.05, 3.63) is 30.2 Å². The Morgan fingerprint density at radius 1 is 1.53 bits per heavy atom. The molecule has 2 rings (SSSR count). The molecule has 2 aromatic rings. The lowest BCUT2D eigenvalue weighted by Crippen LogP contribution is -2.35. The highest BCUT2D eigenvalue weighted by molar-refractivity contribution is 5.73. The fourth-order valence-electron chi connectivity index (χ4n) is 1.67. The van der Waals surface area contributed by atoms with Crippen LogP contribution in [0.2, 0.25) is 0 Å². The molecule has 1 heterocycles. The summed E-state index contributed by atoms with van der Waals surface area (Å²) in [5.74, 6) is 0. The van der Waals surface area contributed by atoms with E-state index in [2.05, 4.69) is 10.3 Å². The minimum Gasteiger partial charge on any atom is -0.465 e. The van der Waals surface area contributed by atoms with Gasteiger partial charge in [-0.15, -0.1) is 0 Å². The maximum atomic E-state index is 10.5. The number of oxazole rings is 1. The van der Waals surface area contributed by atoms with Crippen LogP contribution in [0.1, 0.15) is 19.4 Å². The summed E-state index contributed by atoms with van der Waals surface area (Å²) in [6, 6.07) is 5.71. The van der Waals surface area contributed by atoms with Crippen molar-refractivity contribution in [1.82, 2.24) is 10.3 Å². The molecule has 0 saturated heterocycles. The maximum Gasteiger partial charge on any atom is 0.404 e. The predicted octanol–water partition coefficient (Wildman–Crippen LogP) is 2.37. The second-order valence-corrected chi connectivity index (χ2v) is 4.58. The molecule has 0 atom stereocenters. The molecule has 0 aliphatic heterocycles. The second-order valence-electron chi connectivity index (χ2n) is 4.58. The van der Waals surface area contributed by atoms with E-state index in [9.17, 15) is 4.79 Å².